The van der Waals surface area contributed by atoms with E-state index >= 15 is 0 Å². The van der Waals surface area contributed by atoms with Gasteiger partial charge in [-0.15, -0.1) is 0 Å². The summed E-state index contributed by atoms with van der Waals surface area (Å²) in [4.78, 5) is 5.95. The van der Waals surface area contributed by atoms with E-state index in [0.717, 1.165) is 19.1 Å². The van der Waals surface area contributed by atoms with Crippen LogP contribution in [0.5, 0.6) is 0 Å². The molecule has 4 fully saturated rings. The molecule has 3 saturated heterocycles. The fraction of sp³-hybridized carbons (Fsp3) is 0.625. The van der Waals surface area contributed by atoms with Crippen LogP contribution in [0.25, 0.3) is 0 Å². The van der Waals surface area contributed by atoms with Crippen LogP contribution in [0.3, 0.4) is 0 Å². The standard InChI is InChI=1S/C16H21NO2/c1-11-14-7-13-8-15(16(14)17(9-13)19-11)18-10-12-5-3-2-4-6-12/h2-6,11,13-16H,7-10H2,1H3/t11-,13-,14-,15+,16?/m1/s1. The molecule has 6 atom stereocenters. The van der Waals surface area contributed by atoms with Gasteiger partial charge in [0.1, 0.15) is 0 Å². The van der Waals surface area contributed by atoms with Gasteiger partial charge in [0.15, 0.2) is 0 Å². The van der Waals surface area contributed by atoms with E-state index < -0.39 is 0 Å². The van der Waals surface area contributed by atoms with Crippen molar-refractivity contribution in [3.8, 4) is 0 Å². The van der Waals surface area contributed by atoms with Crippen LogP contribution < -0.4 is 0 Å². The van der Waals surface area contributed by atoms with Gasteiger partial charge in [0.25, 0.3) is 0 Å². The molecule has 1 aliphatic carbocycles. The zero-order valence-electron chi connectivity index (χ0n) is 11.4. The summed E-state index contributed by atoms with van der Waals surface area (Å²) >= 11 is 0. The van der Waals surface area contributed by atoms with E-state index in [1.54, 1.807) is 0 Å². The first-order valence-electron chi connectivity index (χ1n) is 7.40. The third kappa shape index (κ3) is 2.00. The number of fused-ring (bicyclic) bond motifs is 1. The van der Waals surface area contributed by atoms with Gasteiger partial charge < -0.3 is 4.74 Å². The van der Waals surface area contributed by atoms with Gasteiger partial charge in [0.2, 0.25) is 0 Å². The Labute approximate surface area is 114 Å². The first-order valence-corrected chi connectivity index (χ1v) is 7.40. The topological polar surface area (TPSA) is 21.7 Å². The quantitative estimate of drug-likeness (QED) is 0.833. The van der Waals surface area contributed by atoms with Crippen LogP contribution in [0.2, 0.25) is 0 Å². The minimum atomic E-state index is 0.350. The maximum atomic E-state index is 6.21. The van der Waals surface area contributed by atoms with Crippen LogP contribution in [-0.2, 0) is 16.2 Å². The Bertz CT molecular complexity index is 447. The second kappa shape index (κ2) is 4.58. The van der Waals surface area contributed by atoms with Crippen molar-refractivity contribution in [3.63, 3.8) is 0 Å². The third-order valence-electron chi connectivity index (χ3n) is 4.97. The molecule has 1 aromatic carbocycles. The molecular weight excluding hydrogens is 238 g/mol. The van der Waals surface area contributed by atoms with E-state index in [9.17, 15) is 0 Å². The molecule has 102 valence electrons. The van der Waals surface area contributed by atoms with Crippen LogP contribution in [0.1, 0.15) is 25.3 Å². The normalized spacial score (nSPS) is 43.6. The summed E-state index contributed by atoms with van der Waals surface area (Å²) in [5, 5.41) is 2.21. The highest BCUT2D eigenvalue weighted by atomic mass is 16.7. The lowest BCUT2D eigenvalue weighted by molar-refractivity contribution is -0.210. The van der Waals surface area contributed by atoms with E-state index in [-0.39, 0.29) is 0 Å². The summed E-state index contributed by atoms with van der Waals surface area (Å²) in [5.41, 5.74) is 1.26. The zero-order chi connectivity index (χ0) is 12.8. The fourth-order valence-electron chi connectivity index (χ4n) is 4.11. The number of nitrogens with zero attached hydrogens (tertiary/aromatic N) is 1. The van der Waals surface area contributed by atoms with E-state index in [2.05, 4.69) is 36.3 Å². The predicted molar refractivity (Wildman–Crippen MR) is 72.3 cm³/mol. The summed E-state index contributed by atoms with van der Waals surface area (Å²) < 4.78 is 6.21. The van der Waals surface area contributed by atoms with Gasteiger partial charge in [-0.2, -0.15) is 5.06 Å². The first-order chi connectivity index (χ1) is 9.31. The predicted octanol–water partition coefficient (Wildman–Crippen LogP) is 2.62. The molecule has 19 heavy (non-hydrogen) atoms. The van der Waals surface area contributed by atoms with E-state index in [4.69, 9.17) is 9.57 Å². The van der Waals surface area contributed by atoms with Gasteiger partial charge >= 0.3 is 0 Å². The van der Waals surface area contributed by atoms with Gasteiger partial charge in [-0.1, -0.05) is 30.3 Å². The monoisotopic (exact) mass is 259 g/mol. The second-order valence-electron chi connectivity index (χ2n) is 6.24. The number of hydroxylamine groups is 2. The van der Waals surface area contributed by atoms with Crippen LogP contribution in [0, 0.1) is 11.8 Å². The molecule has 2 unspecified atom stereocenters. The average Bonchev–Trinajstić information content (AvgIpc) is 2.68. The zero-order valence-corrected chi connectivity index (χ0v) is 11.4. The summed E-state index contributed by atoms with van der Waals surface area (Å²) in [6.45, 7) is 4.04. The Balaban J connectivity index is 1.45. The molecule has 0 N–H and O–H groups in total. The lowest BCUT2D eigenvalue weighted by atomic mass is 9.71. The Kier molecular flexibility index (Phi) is 2.87. The van der Waals surface area contributed by atoms with Crippen molar-refractivity contribution in [2.45, 2.75) is 44.6 Å². The highest BCUT2D eigenvalue weighted by Gasteiger charge is 2.54. The Morgan fingerprint density at radius 2 is 2.11 bits per heavy atom. The van der Waals surface area contributed by atoms with Crippen molar-refractivity contribution in [2.75, 3.05) is 6.54 Å². The van der Waals surface area contributed by atoms with Crippen LogP contribution >= 0.6 is 0 Å². The van der Waals surface area contributed by atoms with E-state index in [0.29, 0.717) is 24.2 Å². The molecule has 3 heterocycles. The lowest BCUT2D eigenvalue weighted by Crippen LogP contribution is -2.56. The van der Waals surface area contributed by atoms with Gasteiger partial charge in [-0.25, -0.2) is 0 Å². The number of piperidine rings is 2. The number of benzene rings is 1. The minimum absolute atomic E-state index is 0.350. The van der Waals surface area contributed by atoms with Gasteiger partial charge in [-0.05, 0) is 31.2 Å². The van der Waals surface area contributed by atoms with Crippen LogP contribution in [0.4, 0.5) is 0 Å². The molecule has 0 radical (unpaired) electrons. The van der Waals surface area contributed by atoms with Gasteiger partial charge in [0, 0.05) is 12.5 Å². The molecule has 1 saturated carbocycles. The number of hydrogen-bond donors (Lipinski definition) is 0. The van der Waals surface area contributed by atoms with Gasteiger partial charge in [-0.3, -0.25) is 4.84 Å². The highest BCUT2D eigenvalue weighted by molar-refractivity contribution is 5.13. The average molecular weight is 259 g/mol. The van der Waals surface area contributed by atoms with E-state index in [1.165, 1.54) is 18.4 Å². The third-order valence-corrected chi connectivity index (χ3v) is 4.97. The molecule has 0 aromatic heterocycles. The molecule has 3 heteroatoms. The molecule has 0 spiro atoms. The number of hydrogen-bond acceptors (Lipinski definition) is 3. The molecule has 0 amide bonds. The van der Waals surface area contributed by atoms with Crippen molar-refractivity contribution < 1.29 is 9.57 Å². The molecule has 3 nitrogen and oxygen atoms in total. The fourth-order valence-corrected chi connectivity index (χ4v) is 4.11. The van der Waals surface area contributed by atoms with Crippen molar-refractivity contribution in [2.24, 2.45) is 11.8 Å². The lowest BCUT2D eigenvalue weighted by Gasteiger charge is -2.46. The maximum absolute atomic E-state index is 6.21. The van der Waals surface area contributed by atoms with E-state index in [1.807, 2.05) is 6.07 Å². The number of rotatable bonds is 3. The van der Waals surface area contributed by atoms with Crippen molar-refractivity contribution in [1.29, 1.82) is 0 Å². The highest BCUT2D eigenvalue weighted by Crippen LogP contribution is 2.47. The molecule has 4 aliphatic rings. The first kappa shape index (κ1) is 11.9. The molecule has 4 bridgehead atoms. The maximum Gasteiger partial charge on any atom is 0.0810 e. The molecule has 5 rings (SSSR count). The Hall–Kier alpha value is -0.900. The smallest absolute Gasteiger partial charge is 0.0810 e. The SMILES string of the molecule is C[C@H]1ON2C[C@H]3C[C@H](OCc4ccccc4)C2[C@@H]1C3. The van der Waals surface area contributed by atoms with Crippen molar-refractivity contribution in [3.05, 3.63) is 35.9 Å². The molecular formula is C16H21NO2. The van der Waals surface area contributed by atoms with Crippen LogP contribution in [-0.4, -0.2) is 29.9 Å². The number of ether oxygens (including phenoxy) is 1. The Morgan fingerprint density at radius 3 is 2.89 bits per heavy atom. The second-order valence-corrected chi connectivity index (χ2v) is 6.24. The van der Waals surface area contributed by atoms with Crippen molar-refractivity contribution in [1.82, 2.24) is 5.06 Å². The summed E-state index contributed by atoms with van der Waals surface area (Å²) in [7, 11) is 0. The minimum Gasteiger partial charge on any atom is -0.372 e. The molecule has 3 aliphatic heterocycles. The van der Waals surface area contributed by atoms with Crippen LogP contribution in [0.15, 0.2) is 30.3 Å². The summed E-state index contributed by atoms with van der Waals surface area (Å²) in [5.74, 6) is 1.44. The summed E-state index contributed by atoms with van der Waals surface area (Å²) in [6, 6.07) is 11.0. The molecule has 1 aromatic rings. The largest absolute Gasteiger partial charge is 0.372 e. The van der Waals surface area contributed by atoms with Crippen molar-refractivity contribution >= 4 is 0 Å². The Morgan fingerprint density at radius 1 is 1.26 bits per heavy atom. The summed E-state index contributed by atoms with van der Waals surface area (Å²) in [6.07, 6.45) is 3.26. The van der Waals surface area contributed by atoms with Gasteiger partial charge in [0.05, 0.1) is 24.9 Å².